The summed E-state index contributed by atoms with van der Waals surface area (Å²) in [5.74, 6) is 0.978. The van der Waals surface area contributed by atoms with Gasteiger partial charge in [-0.05, 0) is 49.8 Å². The van der Waals surface area contributed by atoms with Crippen LogP contribution >= 0.6 is 11.3 Å². The van der Waals surface area contributed by atoms with Crippen LogP contribution in [0.2, 0.25) is 0 Å². The van der Waals surface area contributed by atoms with Crippen LogP contribution in [0.3, 0.4) is 0 Å². The van der Waals surface area contributed by atoms with Gasteiger partial charge >= 0.3 is 5.97 Å². The monoisotopic (exact) mass is 426 g/mol. The molecule has 0 radical (unpaired) electrons. The Morgan fingerprint density at radius 3 is 2.80 bits per heavy atom. The highest BCUT2D eigenvalue weighted by Crippen LogP contribution is 2.31. The second-order valence-corrected chi connectivity index (χ2v) is 8.71. The number of hydrogen-bond donors (Lipinski definition) is 0. The number of rotatable bonds is 6. The summed E-state index contributed by atoms with van der Waals surface area (Å²) in [6.45, 7) is 4.60. The predicted molar refractivity (Wildman–Crippen MR) is 118 cm³/mol. The number of benzene rings is 1. The number of thiophene rings is 1. The van der Waals surface area contributed by atoms with E-state index < -0.39 is 0 Å². The molecular formula is C23H26N2O4S. The van der Waals surface area contributed by atoms with Crippen molar-refractivity contribution < 1.29 is 14.3 Å². The molecule has 0 saturated heterocycles. The summed E-state index contributed by atoms with van der Waals surface area (Å²) in [4.78, 5) is 30.6. The lowest BCUT2D eigenvalue weighted by molar-refractivity contribution is -0.152. The van der Waals surface area contributed by atoms with E-state index in [1.54, 1.807) is 0 Å². The van der Waals surface area contributed by atoms with E-state index in [4.69, 9.17) is 9.47 Å². The van der Waals surface area contributed by atoms with Crippen LogP contribution in [-0.4, -0.2) is 28.2 Å². The van der Waals surface area contributed by atoms with E-state index in [9.17, 15) is 9.59 Å². The average Bonchev–Trinajstić information content (AvgIpc) is 3.16. The van der Waals surface area contributed by atoms with Crippen molar-refractivity contribution in [1.29, 1.82) is 0 Å². The van der Waals surface area contributed by atoms with E-state index in [2.05, 4.69) is 11.9 Å². The molecule has 0 N–H and O–H groups in total. The van der Waals surface area contributed by atoms with Gasteiger partial charge in [0, 0.05) is 10.9 Å². The van der Waals surface area contributed by atoms with Crippen molar-refractivity contribution in [3.63, 3.8) is 0 Å². The zero-order valence-electron chi connectivity index (χ0n) is 17.3. The molecule has 0 aliphatic heterocycles. The van der Waals surface area contributed by atoms with E-state index in [1.807, 2.05) is 36.6 Å². The molecule has 1 saturated carbocycles. The van der Waals surface area contributed by atoms with Gasteiger partial charge in [0.2, 0.25) is 0 Å². The summed E-state index contributed by atoms with van der Waals surface area (Å²) in [6, 6.07) is 7.64. The maximum atomic E-state index is 13.1. The Bertz CT molecular complexity index is 1090. The summed E-state index contributed by atoms with van der Waals surface area (Å²) in [5, 5.41) is 2.46. The van der Waals surface area contributed by atoms with E-state index in [0.29, 0.717) is 22.7 Å². The molecule has 158 valence electrons. The maximum Gasteiger partial charge on any atom is 0.326 e. The first-order valence-electron chi connectivity index (χ1n) is 10.4. The van der Waals surface area contributed by atoms with Crippen LogP contribution < -0.4 is 10.3 Å². The Balaban J connectivity index is 1.56. The van der Waals surface area contributed by atoms with E-state index in [1.165, 1.54) is 28.7 Å². The Kier molecular flexibility index (Phi) is 6.18. The number of fused-ring (bicyclic) bond motifs is 1. The third-order valence-electron chi connectivity index (χ3n) is 5.52. The number of carbonyl (C=O) groups is 1. The fourth-order valence-electron chi connectivity index (χ4n) is 4.04. The van der Waals surface area contributed by atoms with Crippen molar-refractivity contribution in [2.24, 2.45) is 5.92 Å². The van der Waals surface area contributed by atoms with E-state index in [0.717, 1.165) is 36.1 Å². The molecule has 1 aliphatic carbocycles. The SMILES string of the molecule is CCOc1ccc(-c2csc3ncn(CC(=O)OC4CCCC(C)C4)c(=O)c23)cc1. The zero-order valence-corrected chi connectivity index (χ0v) is 18.1. The summed E-state index contributed by atoms with van der Waals surface area (Å²) in [7, 11) is 0. The number of nitrogens with zero attached hydrogens (tertiary/aromatic N) is 2. The molecule has 1 fully saturated rings. The smallest absolute Gasteiger partial charge is 0.326 e. The molecule has 3 aromatic rings. The minimum absolute atomic E-state index is 0.0470. The first-order valence-corrected chi connectivity index (χ1v) is 11.3. The first kappa shape index (κ1) is 20.6. The largest absolute Gasteiger partial charge is 0.494 e. The highest BCUT2D eigenvalue weighted by atomic mass is 32.1. The number of esters is 1. The Hall–Kier alpha value is -2.67. The molecule has 2 aromatic heterocycles. The van der Waals surface area contributed by atoms with Crippen molar-refractivity contribution in [2.45, 2.75) is 52.2 Å². The maximum absolute atomic E-state index is 13.1. The van der Waals surface area contributed by atoms with Crippen LogP contribution in [0.1, 0.15) is 39.5 Å². The van der Waals surface area contributed by atoms with Gasteiger partial charge in [0.1, 0.15) is 23.2 Å². The molecule has 0 bridgehead atoms. The fraction of sp³-hybridized carbons (Fsp3) is 0.435. The zero-order chi connectivity index (χ0) is 21.1. The van der Waals surface area contributed by atoms with Crippen molar-refractivity contribution in [3.8, 4) is 16.9 Å². The summed E-state index contributed by atoms with van der Waals surface area (Å²) < 4.78 is 12.5. The molecule has 30 heavy (non-hydrogen) atoms. The molecular weight excluding hydrogens is 400 g/mol. The van der Waals surface area contributed by atoms with Gasteiger partial charge in [-0.2, -0.15) is 0 Å². The Morgan fingerprint density at radius 1 is 1.27 bits per heavy atom. The minimum Gasteiger partial charge on any atom is -0.494 e. The normalized spacial score (nSPS) is 19.0. The van der Waals surface area contributed by atoms with Crippen LogP contribution in [-0.2, 0) is 16.1 Å². The number of aromatic nitrogens is 2. The molecule has 2 unspecified atom stereocenters. The molecule has 1 aromatic carbocycles. The van der Waals surface area contributed by atoms with E-state index >= 15 is 0 Å². The van der Waals surface area contributed by atoms with Gasteiger partial charge < -0.3 is 9.47 Å². The average molecular weight is 427 g/mol. The van der Waals surface area contributed by atoms with Crippen LogP contribution in [0.4, 0.5) is 0 Å². The van der Waals surface area contributed by atoms with Crippen molar-refractivity contribution >= 4 is 27.5 Å². The minimum atomic E-state index is -0.379. The molecule has 4 rings (SSSR count). The molecule has 6 nitrogen and oxygen atoms in total. The molecule has 1 aliphatic rings. The van der Waals surface area contributed by atoms with Gasteiger partial charge in [-0.3, -0.25) is 14.2 Å². The lowest BCUT2D eigenvalue weighted by atomic mass is 9.89. The van der Waals surface area contributed by atoms with Gasteiger partial charge in [0.25, 0.3) is 5.56 Å². The number of ether oxygens (including phenoxy) is 2. The predicted octanol–water partition coefficient (Wildman–Crippen LogP) is 4.65. The van der Waals surface area contributed by atoms with Crippen molar-refractivity contribution in [3.05, 3.63) is 46.3 Å². The summed E-state index contributed by atoms with van der Waals surface area (Å²) in [6.07, 6.45) is 5.44. The molecule has 0 spiro atoms. The van der Waals surface area contributed by atoms with E-state index in [-0.39, 0.29) is 24.2 Å². The molecule has 2 heterocycles. The quantitative estimate of drug-likeness (QED) is 0.537. The number of hydrogen-bond acceptors (Lipinski definition) is 6. The second kappa shape index (κ2) is 9.00. The Labute approximate surface area is 179 Å². The van der Waals surface area contributed by atoms with Crippen LogP contribution in [0.5, 0.6) is 5.75 Å². The summed E-state index contributed by atoms with van der Waals surface area (Å²) >= 11 is 1.42. The van der Waals surface area contributed by atoms with Crippen LogP contribution in [0, 0.1) is 5.92 Å². The second-order valence-electron chi connectivity index (χ2n) is 7.85. The van der Waals surface area contributed by atoms with Gasteiger partial charge in [-0.1, -0.05) is 25.5 Å². The topological polar surface area (TPSA) is 70.4 Å². The lowest BCUT2D eigenvalue weighted by Gasteiger charge is -2.26. The highest BCUT2D eigenvalue weighted by molar-refractivity contribution is 7.17. The van der Waals surface area contributed by atoms with Crippen molar-refractivity contribution in [2.75, 3.05) is 6.61 Å². The lowest BCUT2D eigenvalue weighted by Crippen LogP contribution is -2.30. The number of carbonyl (C=O) groups excluding carboxylic acids is 1. The molecule has 2 atom stereocenters. The summed E-state index contributed by atoms with van der Waals surface area (Å²) in [5.41, 5.74) is 1.51. The van der Waals surface area contributed by atoms with Crippen molar-refractivity contribution in [1.82, 2.24) is 9.55 Å². The van der Waals surface area contributed by atoms with Gasteiger partial charge in [-0.25, -0.2) is 4.98 Å². The van der Waals surface area contributed by atoms with Gasteiger partial charge in [0.05, 0.1) is 18.3 Å². The molecule has 7 heteroatoms. The highest BCUT2D eigenvalue weighted by Gasteiger charge is 2.23. The third kappa shape index (κ3) is 4.41. The van der Waals surface area contributed by atoms with Crippen LogP contribution in [0.25, 0.3) is 21.3 Å². The third-order valence-corrected chi connectivity index (χ3v) is 6.41. The van der Waals surface area contributed by atoms with Crippen LogP contribution in [0.15, 0.2) is 40.8 Å². The first-order chi connectivity index (χ1) is 14.5. The standard InChI is InChI=1S/C23H26N2O4S/c1-3-28-17-9-7-16(8-10-17)19-13-30-22-21(19)23(27)25(14-24-22)12-20(26)29-18-6-4-5-15(2)11-18/h7-10,13-15,18H,3-6,11-12H2,1-2H3. The molecule has 0 amide bonds. The van der Waals surface area contributed by atoms with Gasteiger partial charge in [0.15, 0.2) is 0 Å². The fourth-order valence-corrected chi connectivity index (χ4v) is 4.94. The Morgan fingerprint density at radius 2 is 2.07 bits per heavy atom. The van der Waals surface area contributed by atoms with Gasteiger partial charge in [-0.15, -0.1) is 11.3 Å².